The summed E-state index contributed by atoms with van der Waals surface area (Å²) in [4.78, 5) is 40.8. The molecule has 0 aromatic heterocycles. The van der Waals surface area contributed by atoms with Crippen molar-refractivity contribution in [1.82, 2.24) is 19.4 Å². The minimum Gasteiger partial charge on any atom is -0.480 e. The molecule has 2 aromatic carbocycles. The van der Waals surface area contributed by atoms with Crippen LogP contribution in [0.2, 0.25) is 0 Å². The van der Waals surface area contributed by atoms with Crippen molar-refractivity contribution in [2.45, 2.75) is 49.0 Å². The average Bonchev–Trinajstić information content (AvgIpc) is 3.25. The summed E-state index contributed by atoms with van der Waals surface area (Å²) in [7, 11) is -2.05. The van der Waals surface area contributed by atoms with Gasteiger partial charge in [0.1, 0.15) is 17.8 Å². The molecule has 2 aliphatic rings. The van der Waals surface area contributed by atoms with Crippen LogP contribution in [0.15, 0.2) is 53.4 Å². The monoisotopic (exact) mass is 604 g/mol. The highest BCUT2D eigenvalue weighted by Crippen LogP contribution is 2.42. The lowest BCUT2D eigenvalue weighted by Gasteiger charge is -2.33. The van der Waals surface area contributed by atoms with Crippen LogP contribution >= 0.6 is 11.8 Å². The Balaban J connectivity index is 1.43. The fourth-order valence-corrected chi connectivity index (χ4v) is 8.26. The minimum absolute atomic E-state index is 0.0400. The van der Waals surface area contributed by atoms with Crippen molar-refractivity contribution in [2.24, 2.45) is 0 Å². The molecule has 2 aromatic rings. The van der Waals surface area contributed by atoms with Crippen LogP contribution in [-0.2, 0) is 26.0 Å². The molecule has 0 bridgehead atoms. The highest BCUT2D eigenvalue weighted by Gasteiger charge is 2.51. The van der Waals surface area contributed by atoms with E-state index in [1.165, 1.54) is 28.2 Å². The number of aliphatic carboxylic acids is 1. The topological polar surface area (TPSA) is 137 Å². The molecule has 2 fully saturated rings. The van der Waals surface area contributed by atoms with Crippen molar-refractivity contribution in [1.29, 1.82) is 0 Å². The number of nitrogens with one attached hydrogen (secondary N) is 1. The number of carboxylic acids is 1. The van der Waals surface area contributed by atoms with E-state index in [1.54, 1.807) is 55.1 Å². The van der Waals surface area contributed by atoms with Gasteiger partial charge in [-0.1, -0.05) is 29.8 Å². The average molecular weight is 605 g/mol. The lowest BCUT2D eigenvalue weighted by molar-refractivity contribution is -0.142. The molecular weight excluding hydrogens is 568 g/mol. The maximum Gasteiger partial charge on any atom is 0.415 e. The third-order valence-corrected chi connectivity index (χ3v) is 10.8. The van der Waals surface area contributed by atoms with Crippen molar-refractivity contribution in [2.75, 3.05) is 39.0 Å². The minimum atomic E-state index is -4.04. The Morgan fingerprint density at radius 1 is 1.05 bits per heavy atom. The lowest BCUT2D eigenvalue weighted by atomic mass is 10.1. The van der Waals surface area contributed by atoms with Crippen LogP contribution in [0.25, 0.3) is 0 Å². The molecule has 0 aliphatic carbocycles. The van der Waals surface area contributed by atoms with Crippen LogP contribution in [0.1, 0.15) is 25.0 Å². The third-order valence-electron chi connectivity index (χ3n) is 7.23. The van der Waals surface area contributed by atoms with Gasteiger partial charge in [-0.05, 0) is 57.6 Å². The molecule has 2 aliphatic heterocycles. The summed E-state index contributed by atoms with van der Waals surface area (Å²) in [6.07, 6.45) is -0.481. The van der Waals surface area contributed by atoms with Gasteiger partial charge in [-0.15, -0.1) is 11.8 Å². The fourth-order valence-electron chi connectivity index (χ4n) is 4.80. The summed E-state index contributed by atoms with van der Waals surface area (Å²) in [6.45, 7) is 7.99. The number of thioether (sulfide) groups is 1. The zero-order chi connectivity index (χ0) is 29.9. The van der Waals surface area contributed by atoms with Crippen LogP contribution < -0.4 is 10.1 Å². The number of hydrogen-bond donors (Lipinski definition) is 2. The molecule has 0 radical (unpaired) electrons. The molecule has 2 heterocycles. The van der Waals surface area contributed by atoms with E-state index in [4.69, 9.17) is 4.74 Å². The summed E-state index contributed by atoms with van der Waals surface area (Å²) in [5.74, 6) is -1.41. The standard InChI is InChI=1S/C28H36N4O7S2/c1-19-5-11-22(12-6-19)41(37,38)32-24(18-40-28(32,2)3)25(33)29-23(26(34)35)17-20-7-9-21(10-8-20)39-27(36)31-15-13-30(4)14-16-31/h5-12,23-24H,13-18H2,1-4H3,(H,29,33)(H,34,35)/t23-,24-/m0/s1. The van der Waals surface area contributed by atoms with Crippen LogP contribution in [0.4, 0.5) is 4.79 Å². The van der Waals surface area contributed by atoms with Crippen LogP contribution in [-0.4, -0.2) is 102 Å². The normalized spacial score (nSPS) is 20.4. The van der Waals surface area contributed by atoms with E-state index in [1.807, 2.05) is 14.0 Å². The number of carboxylic acid groups (broad SMARTS) is 1. The predicted molar refractivity (Wildman–Crippen MR) is 155 cm³/mol. The second kappa shape index (κ2) is 12.4. The first-order valence-corrected chi connectivity index (χ1v) is 15.7. The molecule has 11 nitrogen and oxygen atoms in total. The summed E-state index contributed by atoms with van der Waals surface area (Å²) in [6, 6.07) is 10.4. The number of sulfonamides is 1. The van der Waals surface area contributed by atoms with Crippen molar-refractivity contribution < 1.29 is 32.6 Å². The maximum absolute atomic E-state index is 13.6. The number of ether oxygens (including phenoxy) is 1. The lowest BCUT2D eigenvalue weighted by Crippen LogP contribution is -2.55. The molecule has 41 heavy (non-hydrogen) atoms. The van der Waals surface area contributed by atoms with E-state index in [0.717, 1.165) is 18.7 Å². The quantitative estimate of drug-likeness (QED) is 0.466. The zero-order valence-corrected chi connectivity index (χ0v) is 25.2. The van der Waals surface area contributed by atoms with Gasteiger partial charge in [0.05, 0.1) is 9.77 Å². The van der Waals surface area contributed by atoms with Gasteiger partial charge in [-0.2, -0.15) is 4.31 Å². The van der Waals surface area contributed by atoms with Gasteiger partial charge in [0, 0.05) is 38.4 Å². The Kier molecular flexibility index (Phi) is 9.32. The zero-order valence-electron chi connectivity index (χ0n) is 23.6. The first kappa shape index (κ1) is 30.8. The van der Waals surface area contributed by atoms with Crippen molar-refractivity contribution in [3.8, 4) is 5.75 Å². The van der Waals surface area contributed by atoms with Gasteiger partial charge in [0.2, 0.25) is 15.9 Å². The number of amides is 2. The highest BCUT2D eigenvalue weighted by atomic mass is 32.2. The number of benzene rings is 2. The van der Waals surface area contributed by atoms with E-state index >= 15 is 0 Å². The maximum atomic E-state index is 13.6. The number of aryl methyl sites for hydroxylation is 1. The second-order valence-electron chi connectivity index (χ2n) is 10.8. The van der Waals surface area contributed by atoms with Crippen molar-refractivity contribution in [3.63, 3.8) is 0 Å². The van der Waals surface area contributed by atoms with Gasteiger partial charge < -0.3 is 25.0 Å². The Morgan fingerprint density at radius 3 is 2.24 bits per heavy atom. The molecule has 2 N–H and O–H groups in total. The fraction of sp³-hybridized carbons (Fsp3) is 0.464. The molecule has 2 saturated heterocycles. The molecule has 13 heteroatoms. The number of likely N-dealkylation sites (N-methyl/N-ethyl adjacent to an activating group) is 1. The highest BCUT2D eigenvalue weighted by molar-refractivity contribution is 8.02. The Bertz CT molecular complexity index is 1370. The molecule has 0 saturated carbocycles. The Labute approximate surface area is 244 Å². The first-order valence-electron chi connectivity index (χ1n) is 13.3. The molecule has 4 rings (SSSR count). The van der Waals surface area contributed by atoms with E-state index in [0.29, 0.717) is 24.4 Å². The van der Waals surface area contributed by atoms with E-state index in [-0.39, 0.29) is 17.1 Å². The largest absolute Gasteiger partial charge is 0.480 e. The van der Waals surface area contributed by atoms with E-state index in [9.17, 15) is 27.9 Å². The molecular formula is C28H36N4O7S2. The first-order chi connectivity index (χ1) is 19.3. The molecule has 0 spiro atoms. The Morgan fingerprint density at radius 2 is 1.66 bits per heavy atom. The van der Waals surface area contributed by atoms with Gasteiger partial charge in [0.25, 0.3) is 0 Å². The third kappa shape index (κ3) is 7.21. The number of nitrogens with zero attached hydrogens (tertiary/aromatic N) is 3. The summed E-state index contributed by atoms with van der Waals surface area (Å²) < 4.78 is 33.8. The number of rotatable bonds is 8. The van der Waals surface area contributed by atoms with E-state index < -0.39 is 44.9 Å². The Hall–Kier alpha value is -3.13. The van der Waals surface area contributed by atoms with Crippen molar-refractivity contribution >= 4 is 39.8 Å². The van der Waals surface area contributed by atoms with Crippen LogP contribution in [0.5, 0.6) is 5.75 Å². The molecule has 0 unspecified atom stereocenters. The molecule has 2 amide bonds. The number of carbonyl (C=O) groups is 3. The van der Waals surface area contributed by atoms with Gasteiger partial charge in [0.15, 0.2) is 0 Å². The number of carbonyl (C=O) groups excluding carboxylic acids is 2. The smallest absolute Gasteiger partial charge is 0.415 e. The van der Waals surface area contributed by atoms with E-state index in [2.05, 4.69) is 10.2 Å². The summed E-state index contributed by atoms with van der Waals surface area (Å²) in [5.41, 5.74) is 1.50. The number of hydrogen-bond acceptors (Lipinski definition) is 8. The second-order valence-corrected chi connectivity index (χ2v) is 14.2. The summed E-state index contributed by atoms with van der Waals surface area (Å²) >= 11 is 1.32. The SMILES string of the molecule is Cc1ccc(S(=O)(=O)N2[C@H](C(=O)N[C@@H](Cc3ccc(OC(=O)N4CCN(C)CC4)cc3)C(=O)O)CSC2(C)C)cc1. The molecule has 222 valence electrons. The van der Waals surface area contributed by atoms with Crippen LogP contribution in [0, 0.1) is 6.92 Å². The predicted octanol–water partition coefficient (Wildman–Crippen LogP) is 2.40. The van der Waals surface area contributed by atoms with Gasteiger partial charge >= 0.3 is 12.1 Å². The van der Waals surface area contributed by atoms with Gasteiger partial charge in [-0.3, -0.25) is 4.79 Å². The van der Waals surface area contributed by atoms with Crippen molar-refractivity contribution in [3.05, 3.63) is 59.7 Å². The van der Waals surface area contributed by atoms with Gasteiger partial charge in [-0.25, -0.2) is 18.0 Å². The number of piperazine rings is 1. The summed E-state index contributed by atoms with van der Waals surface area (Å²) in [5, 5.41) is 12.4. The molecule has 2 atom stereocenters. The van der Waals surface area contributed by atoms with Crippen LogP contribution in [0.3, 0.4) is 0 Å².